The first-order valence-corrected chi connectivity index (χ1v) is 7.49. The highest BCUT2D eigenvalue weighted by atomic mass is 35.5. The first-order chi connectivity index (χ1) is 11.5. The van der Waals surface area contributed by atoms with Crippen LogP contribution in [0.15, 0.2) is 48.7 Å². The molecule has 0 bridgehead atoms. The van der Waals surface area contributed by atoms with Crippen molar-refractivity contribution in [2.45, 2.75) is 13.0 Å². The summed E-state index contributed by atoms with van der Waals surface area (Å²) < 4.78 is 10.9. The molecule has 3 aromatic rings. The lowest BCUT2D eigenvalue weighted by molar-refractivity contribution is -0.144. The number of hydrogen-bond donors (Lipinski definition) is 1. The first-order valence-electron chi connectivity index (χ1n) is 7.11. The maximum atomic E-state index is 10.8. The van der Waals surface area contributed by atoms with Crippen LogP contribution in [-0.2, 0) is 4.79 Å². The van der Waals surface area contributed by atoms with Gasteiger partial charge in [0.15, 0.2) is 6.10 Å². The summed E-state index contributed by atoms with van der Waals surface area (Å²) >= 11 is 5.91. The average Bonchev–Trinajstić information content (AvgIpc) is 2.56. The van der Waals surface area contributed by atoms with E-state index in [2.05, 4.69) is 9.97 Å². The third kappa shape index (κ3) is 3.72. The number of carboxylic acid groups (broad SMARTS) is 1. The minimum Gasteiger partial charge on any atom is -0.479 e. The number of aliphatic carboxylic acids is 1. The predicted molar refractivity (Wildman–Crippen MR) is 88.8 cm³/mol. The monoisotopic (exact) mass is 344 g/mol. The van der Waals surface area contributed by atoms with Gasteiger partial charge in [-0.15, -0.1) is 0 Å². The van der Waals surface area contributed by atoms with Crippen molar-refractivity contribution in [2.75, 3.05) is 0 Å². The number of fused-ring (bicyclic) bond motifs is 1. The molecule has 0 aliphatic heterocycles. The van der Waals surface area contributed by atoms with E-state index in [1.165, 1.54) is 13.1 Å². The number of carboxylic acids is 1. The van der Waals surface area contributed by atoms with Gasteiger partial charge < -0.3 is 14.6 Å². The van der Waals surface area contributed by atoms with Gasteiger partial charge in [-0.05, 0) is 49.4 Å². The fourth-order valence-electron chi connectivity index (χ4n) is 1.98. The summed E-state index contributed by atoms with van der Waals surface area (Å²) in [5.74, 6) is 0.295. The van der Waals surface area contributed by atoms with Crippen LogP contribution in [0, 0.1) is 0 Å². The van der Waals surface area contributed by atoms with Crippen molar-refractivity contribution >= 4 is 28.6 Å². The average molecular weight is 345 g/mol. The highest BCUT2D eigenvalue weighted by Crippen LogP contribution is 2.24. The number of ether oxygens (including phenoxy) is 2. The molecule has 0 amide bonds. The van der Waals surface area contributed by atoms with E-state index in [9.17, 15) is 4.79 Å². The van der Waals surface area contributed by atoms with Crippen molar-refractivity contribution < 1.29 is 19.4 Å². The van der Waals surface area contributed by atoms with Crippen molar-refractivity contribution in [2.24, 2.45) is 0 Å². The second-order valence-corrected chi connectivity index (χ2v) is 5.45. The molecule has 3 rings (SSSR count). The molecule has 0 saturated carbocycles. The zero-order valence-corrected chi connectivity index (χ0v) is 13.4. The largest absolute Gasteiger partial charge is 0.479 e. The lowest BCUT2D eigenvalue weighted by Crippen LogP contribution is -2.22. The molecule has 1 heterocycles. The summed E-state index contributed by atoms with van der Waals surface area (Å²) in [6.45, 7) is 1.46. The number of hydrogen-bond acceptors (Lipinski definition) is 5. The molecule has 2 aromatic carbocycles. The number of rotatable bonds is 5. The Hall–Kier alpha value is -2.86. The first kappa shape index (κ1) is 16.0. The van der Waals surface area contributed by atoms with Crippen molar-refractivity contribution in [3.63, 3.8) is 0 Å². The molecule has 1 aromatic heterocycles. The molecule has 122 valence electrons. The van der Waals surface area contributed by atoms with Crippen LogP contribution in [0.2, 0.25) is 5.02 Å². The second kappa shape index (κ2) is 6.72. The maximum Gasteiger partial charge on any atom is 0.344 e. The van der Waals surface area contributed by atoms with Crippen LogP contribution in [0.3, 0.4) is 0 Å². The number of carbonyl (C=O) groups is 1. The Kier molecular flexibility index (Phi) is 4.48. The summed E-state index contributed by atoms with van der Waals surface area (Å²) in [4.78, 5) is 19.4. The lowest BCUT2D eigenvalue weighted by atomic mass is 10.3. The van der Waals surface area contributed by atoms with Gasteiger partial charge >= 0.3 is 5.97 Å². The van der Waals surface area contributed by atoms with Gasteiger partial charge in [0.05, 0.1) is 17.2 Å². The zero-order valence-electron chi connectivity index (χ0n) is 12.6. The van der Waals surface area contributed by atoms with Gasteiger partial charge in [-0.3, -0.25) is 0 Å². The van der Waals surface area contributed by atoms with Gasteiger partial charge in [-0.2, -0.15) is 0 Å². The Balaban J connectivity index is 1.74. The third-order valence-corrected chi connectivity index (χ3v) is 3.42. The number of nitrogens with zero attached hydrogens (tertiary/aromatic N) is 2. The van der Waals surface area contributed by atoms with Gasteiger partial charge in [-0.25, -0.2) is 14.8 Å². The fraction of sp³-hybridized carbons (Fsp3) is 0.118. The Morgan fingerprint density at radius 3 is 2.54 bits per heavy atom. The molecule has 1 N–H and O–H groups in total. The number of halogens is 1. The molecule has 0 fully saturated rings. The van der Waals surface area contributed by atoms with Gasteiger partial charge in [-0.1, -0.05) is 11.6 Å². The van der Waals surface area contributed by atoms with E-state index in [1.54, 1.807) is 42.5 Å². The SMILES string of the molecule is C[C@H](Oc1ccc(Oc2cnc3cc(Cl)ccc3n2)cc1)C(=O)O. The van der Waals surface area contributed by atoms with Crippen LogP contribution < -0.4 is 9.47 Å². The van der Waals surface area contributed by atoms with E-state index < -0.39 is 12.1 Å². The molecule has 24 heavy (non-hydrogen) atoms. The van der Waals surface area contributed by atoms with Gasteiger partial charge in [0.2, 0.25) is 5.88 Å². The van der Waals surface area contributed by atoms with Gasteiger partial charge in [0, 0.05) is 5.02 Å². The van der Waals surface area contributed by atoms with Gasteiger partial charge in [0.25, 0.3) is 0 Å². The molecule has 0 unspecified atom stereocenters. The lowest BCUT2D eigenvalue weighted by Gasteiger charge is -2.11. The normalized spacial score (nSPS) is 11.9. The molecule has 0 aliphatic carbocycles. The summed E-state index contributed by atoms with van der Waals surface area (Å²) in [7, 11) is 0. The summed E-state index contributed by atoms with van der Waals surface area (Å²) in [5.41, 5.74) is 1.35. The Morgan fingerprint density at radius 1 is 1.12 bits per heavy atom. The Bertz CT molecular complexity index is 883. The highest BCUT2D eigenvalue weighted by molar-refractivity contribution is 6.31. The summed E-state index contributed by atoms with van der Waals surface area (Å²) in [5, 5.41) is 9.42. The molecule has 0 saturated heterocycles. The second-order valence-electron chi connectivity index (χ2n) is 5.01. The minimum absolute atomic E-state index is 0.345. The Labute approximate surface area is 142 Å². The van der Waals surface area contributed by atoms with Crippen molar-refractivity contribution in [3.05, 3.63) is 53.7 Å². The number of benzene rings is 2. The molecule has 0 radical (unpaired) electrons. The van der Waals surface area contributed by atoms with E-state index in [0.29, 0.717) is 33.4 Å². The van der Waals surface area contributed by atoms with Gasteiger partial charge in [0.1, 0.15) is 11.5 Å². The van der Waals surface area contributed by atoms with Crippen molar-refractivity contribution in [1.29, 1.82) is 0 Å². The molecule has 7 heteroatoms. The number of aromatic nitrogens is 2. The molecular formula is C17H13ClN2O4. The minimum atomic E-state index is -1.03. The predicted octanol–water partition coefficient (Wildman–Crippen LogP) is 3.93. The molecule has 6 nitrogen and oxygen atoms in total. The molecular weight excluding hydrogens is 332 g/mol. The van der Waals surface area contributed by atoms with Crippen LogP contribution >= 0.6 is 11.6 Å². The van der Waals surface area contributed by atoms with E-state index in [0.717, 1.165) is 0 Å². The van der Waals surface area contributed by atoms with E-state index in [4.69, 9.17) is 26.2 Å². The smallest absolute Gasteiger partial charge is 0.344 e. The summed E-state index contributed by atoms with van der Waals surface area (Å²) in [6.07, 6.45) is 0.588. The molecule has 1 atom stereocenters. The van der Waals surface area contributed by atoms with Crippen LogP contribution in [-0.4, -0.2) is 27.1 Å². The zero-order chi connectivity index (χ0) is 17.1. The van der Waals surface area contributed by atoms with Crippen LogP contribution in [0.25, 0.3) is 11.0 Å². The topological polar surface area (TPSA) is 81.5 Å². The highest BCUT2D eigenvalue weighted by Gasteiger charge is 2.12. The van der Waals surface area contributed by atoms with Crippen LogP contribution in [0.4, 0.5) is 0 Å². The van der Waals surface area contributed by atoms with E-state index in [1.807, 2.05) is 0 Å². The maximum absolute atomic E-state index is 10.8. The van der Waals surface area contributed by atoms with E-state index >= 15 is 0 Å². The Morgan fingerprint density at radius 2 is 1.83 bits per heavy atom. The quantitative estimate of drug-likeness (QED) is 0.755. The van der Waals surface area contributed by atoms with Crippen molar-refractivity contribution in [1.82, 2.24) is 9.97 Å². The standard InChI is InChI=1S/C17H13ClN2O4/c1-10(17(21)22)23-12-3-5-13(6-4-12)24-16-9-19-15-8-11(18)2-7-14(15)20-16/h2-10H,1H3,(H,21,22)/t10-/m0/s1. The fourth-order valence-corrected chi connectivity index (χ4v) is 2.14. The van der Waals surface area contributed by atoms with Crippen LogP contribution in [0.1, 0.15) is 6.92 Å². The molecule has 0 aliphatic rings. The van der Waals surface area contributed by atoms with Crippen LogP contribution in [0.5, 0.6) is 17.4 Å². The van der Waals surface area contributed by atoms with Crippen molar-refractivity contribution in [3.8, 4) is 17.4 Å². The summed E-state index contributed by atoms with van der Waals surface area (Å²) in [6, 6.07) is 11.8. The van der Waals surface area contributed by atoms with E-state index in [-0.39, 0.29) is 0 Å². The molecule has 0 spiro atoms. The third-order valence-electron chi connectivity index (χ3n) is 3.19.